The number of guanidine groups is 1. The van der Waals surface area contributed by atoms with Gasteiger partial charge in [-0.15, -0.1) is 0 Å². The number of amides is 1. The van der Waals surface area contributed by atoms with Crippen LogP contribution in [0.4, 0.5) is 0 Å². The van der Waals surface area contributed by atoms with Gasteiger partial charge in [-0.05, 0) is 38.5 Å². The van der Waals surface area contributed by atoms with Gasteiger partial charge >= 0.3 is 0 Å². The first kappa shape index (κ1) is 21.5. The first-order chi connectivity index (χ1) is 11.9. The number of methoxy groups -OCH3 is 1. The summed E-state index contributed by atoms with van der Waals surface area (Å²) in [5, 5.41) is 3.51. The molecule has 2 rings (SSSR count). The molecule has 0 fully saturated rings. The highest BCUT2D eigenvalue weighted by atomic mass is 32.2. The Kier molecular flexibility index (Phi) is 7.16. The molecular weight excluding hydrogens is 360 g/mol. The number of aromatic nitrogens is 1. The van der Waals surface area contributed by atoms with Crippen LogP contribution in [-0.2, 0) is 10.1 Å². The molecule has 0 bridgehead atoms. The smallest absolute Gasteiger partial charge is 0.274 e. The van der Waals surface area contributed by atoms with Gasteiger partial charge < -0.3 is 15.5 Å². The molecule has 1 aromatic heterocycles. The fourth-order valence-corrected chi connectivity index (χ4v) is 2.12. The predicted molar refractivity (Wildman–Crippen MR) is 101 cm³/mol. The summed E-state index contributed by atoms with van der Waals surface area (Å²) in [7, 11) is -2.07. The Bertz CT molecular complexity index is 908. The van der Waals surface area contributed by atoms with Gasteiger partial charge in [0.2, 0.25) is 0 Å². The topological polar surface area (TPSA) is 147 Å². The molecule has 2 aromatic rings. The van der Waals surface area contributed by atoms with Gasteiger partial charge in [0.05, 0.1) is 18.9 Å². The minimum Gasteiger partial charge on any atom is -0.495 e. The Morgan fingerprint density at radius 1 is 1.38 bits per heavy atom. The van der Waals surface area contributed by atoms with E-state index >= 15 is 0 Å². The zero-order chi connectivity index (χ0) is 20.1. The van der Waals surface area contributed by atoms with Crippen LogP contribution < -0.4 is 15.8 Å². The van der Waals surface area contributed by atoms with E-state index in [-0.39, 0.29) is 17.9 Å². The van der Waals surface area contributed by atoms with E-state index in [0.717, 1.165) is 16.5 Å². The second-order valence-corrected chi connectivity index (χ2v) is 7.32. The molecular formula is C16H24N4O5S. The molecule has 0 saturated carbocycles. The Labute approximate surface area is 152 Å². The van der Waals surface area contributed by atoms with Crippen LogP contribution >= 0.6 is 0 Å². The summed E-state index contributed by atoms with van der Waals surface area (Å²) in [4.78, 5) is 19.3. The van der Waals surface area contributed by atoms with Crippen LogP contribution in [0.5, 0.6) is 5.75 Å². The van der Waals surface area contributed by atoms with Gasteiger partial charge in [-0.25, -0.2) is 0 Å². The van der Waals surface area contributed by atoms with Gasteiger partial charge in [0, 0.05) is 11.4 Å². The Morgan fingerprint density at radius 3 is 2.46 bits per heavy atom. The molecule has 5 N–H and O–H groups in total. The SMILES string of the molecule is COc1ccc(C)c2cc(C(=O)NC(N)=NC(C)C)[nH]c12.CS(=O)(=O)O. The Balaban J connectivity index is 0.000000597. The Morgan fingerprint density at radius 2 is 1.96 bits per heavy atom. The van der Waals surface area contributed by atoms with Crippen molar-refractivity contribution in [3.8, 4) is 5.75 Å². The van der Waals surface area contributed by atoms with Gasteiger partial charge in [0.25, 0.3) is 16.0 Å². The van der Waals surface area contributed by atoms with E-state index in [4.69, 9.17) is 15.0 Å². The van der Waals surface area contributed by atoms with E-state index in [1.165, 1.54) is 0 Å². The lowest BCUT2D eigenvalue weighted by atomic mass is 10.1. The van der Waals surface area contributed by atoms with Crippen LogP contribution in [0.15, 0.2) is 23.2 Å². The number of nitrogens with zero attached hydrogens (tertiary/aromatic N) is 1. The molecule has 1 heterocycles. The summed E-state index contributed by atoms with van der Waals surface area (Å²) in [5.74, 6) is 0.477. The molecule has 10 heteroatoms. The van der Waals surface area contributed by atoms with Crippen LogP contribution in [0.2, 0.25) is 0 Å². The van der Waals surface area contributed by atoms with Crippen LogP contribution in [-0.4, -0.2) is 49.2 Å². The van der Waals surface area contributed by atoms with Gasteiger partial charge in [-0.3, -0.25) is 19.7 Å². The van der Waals surface area contributed by atoms with E-state index < -0.39 is 10.1 Å². The maximum Gasteiger partial charge on any atom is 0.274 e. The van der Waals surface area contributed by atoms with Crippen molar-refractivity contribution in [3.05, 3.63) is 29.5 Å². The highest BCUT2D eigenvalue weighted by molar-refractivity contribution is 7.85. The summed E-state index contributed by atoms with van der Waals surface area (Å²) >= 11 is 0. The first-order valence-corrected chi connectivity index (χ1v) is 9.50. The fourth-order valence-electron chi connectivity index (χ4n) is 2.12. The number of aliphatic imine (C=N–C) groups is 1. The quantitative estimate of drug-likeness (QED) is 0.358. The van der Waals surface area contributed by atoms with Crippen LogP contribution in [0.25, 0.3) is 10.9 Å². The number of carbonyl (C=O) groups excluding carboxylic acids is 1. The van der Waals surface area contributed by atoms with Crippen LogP contribution in [0.3, 0.4) is 0 Å². The summed E-state index contributed by atoms with van der Waals surface area (Å²) in [6.45, 7) is 5.75. The minimum absolute atomic E-state index is 0.0235. The zero-order valence-electron chi connectivity index (χ0n) is 15.3. The lowest BCUT2D eigenvalue weighted by Crippen LogP contribution is -2.37. The Hall–Kier alpha value is -2.59. The molecule has 144 valence electrons. The summed E-state index contributed by atoms with van der Waals surface area (Å²) in [5.41, 5.74) is 7.94. The zero-order valence-corrected chi connectivity index (χ0v) is 16.1. The number of hydrogen-bond donors (Lipinski definition) is 4. The molecule has 0 aliphatic carbocycles. The second-order valence-electron chi connectivity index (χ2n) is 5.85. The molecule has 0 saturated heterocycles. The maximum atomic E-state index is 12.2. The average Bonchev–Trinajstić information content (AvgIpc) is 2.91. The number of rotatable bonds is 3. The predicted octanol–water partition coefficient (Wildman–Crippen LogP) is 1.44. The third-order valence-corrected chi connectivity index (χ3v) is 3.08. The number of aromatic amines is 1. The van der Waals surface area contributed by atoms with Crippen molar-refractivity contribution in [2.75, 3.05) is 13.4 Å². The number of ether oxygens (including phenoxy) is 1. The van der Waals surface area contributed by atoms with E-state index in [2.05, 4.69) is 15.3 Å². The number of fused-ring (bicyclic) bond motifs is 1. The monoisotopic (exact) mass is 384 g/mol. The van der Waals surface area contributed by atoms with Crippen LogP contribution in [0, 0.1) is 6.92 Å². The summed E-state index contributed by atoms with van der Waals surface area (Å²) < 4.78 is 31.2. The summed E-state index contributed by atoms with van der Waals surface area (Å²) in [6.07, 6.45) is 0.715. The highest BCUT2D eigenvalue weighted by Crippen LogP contribution is 2.28. The van der Waals surface area contributed by atoms with Gasteiger partial charge in [-0.1, -0.05) is 6.07 Å². The van der Waals surface area contributed by atoms with Crippen molar-refractivity contribution in [2.45, 2.75) is 26.8 Å². The number of aryl methyl sites for hydroxylation is 1. The summed E-state index contributed by atoms with van der Waals surface area (Å²) in [6, 6.07) is 5.62. The molecule has 0 spiro atoms. The minimum atomic E-state index is -3.67. The number of H-pyrrole nitrogens is 1. The molecule has 0 unspecified atom stereocenters. The highest BCUT2D eigenvalue weighted by Gasteiger charge is 2.14. The van der Waals surface area contributed by atoms with Crippen molar-refractivity contribution in [1.29, 1.82) is 0 Å². The van der Waals surface area contributed by atoms with Crippen LogP contribution in [0.1, 0.15) is 29.9 Å². The molecule has 26 heavy (non-hydrogen) atoms. The van der Waals surface area contributed by atoms with E-state index in [1.807, 2.05) is 32.9 Å². The number of hydrogen-bond acceptors (Lipinski definition) is 5. The van der Waals surface area contributed by atoms with Crippen molar-refractivity contribution >= 4 is 32.9 Å². The van der Waals surface area contributed by atoms with Gasteiger partial charge in [0.1, 0.15) is 11.4 Å². The molecule has 1 aromatic carbocycles. The third kappa shape index (κ3) is 6.73. The molecule has 0 aliphatic heterocycles. The van der Waals surface area contributed by atoms with Crippen molar-refractivity contribution in [2.24, 2.45) is 10.7 Å². The standard InChI is InChI=1S/C15H20N4O2.CH4O3S/c1-8(2)17-15(16)19-14(20)11-7-10-9(3)5-6-12(21-4)13(10)18-11;1-5(2,3)4/h5-8,18H,1-4H3,(H3,16,17,19,20);1H3,(H,2,3,4). The van der Waals surface area contributed by atoms with Crippen molar-refractivity contribution in [1.82, 2.24) is 10.3 Å². The van der Waals surface area contributed by atoms with Gasteiger partial charge in [-0.2, -0.15) is 8.42 Å². The lowest BCUT2D eigenvalue weighted by molar-refractivity contribution is 0.0972. The van der Waals surface area contributed by atoms with Crippen molar-refractivity contribution < 1.29 is 22.5 Å². The normalized spacial score (nSPS) is 11.9. The number of carbonyl (C=O) groups is 1. The number of nitrogens with one attached hydrogen (secondary N) is 2. The largest absolute Gasteiger partial charge is 0.495 e. The van der Waals surface area contributed by atoms with E-state index in [9.17, 15) is 13.2 Å². The molecule has 0 aliphatic rings. The van der Waals surface area contributed by atoms with Gasteiger partial charge in [0.15, 0.2) is 5.96 Å². The molecule has 9 nitrogen and oxygen atoms in total. The molecule has 0 radical (unpaired) electrons. The van der Waals surface area contributed by atoms with E-state index in [1.54, 1.807) is 13.2 Å². The third-order valence-electron chi connectivity index (χ3n) is 3.08. The molecule has 1 amide bonds. The average molecular weight is 384 g/mol. The molecule has 0 atom stereocenters. The van der Waals surface area contributed by atoms with Crippen molar-refractivity contribution in [3.63, 3.8) is 0 Å². The maximum absolute atomic E-state index is 12.2. The second kappa shape index (κ2) is 8.68. The number of benzene rings is 1. The van der Waals surface area contributed by atoms with E-state index in [0.29, 0.717) is 17.7 Å². The number of nitrogens with two attached hydrogens (primary N) is 1. The lowest BCUT2D eigenvalue weighted by Gasteiger charge is -2.04. The fraction of sp³-hybridized carbons (Fsp3) is 0.375. The first-order valence-electron chi connectivity index (χ1n) is 7.65.